The maximum atomic E-state index is 12.2. The van der Waals surface area contributed by atoms with Gasteiger partial charge in [-0.25, -0.2) is 14.8 Å². The van der Waals surface area contributed by atoms with Gasteiger partial charge in [0, 0.05) is 12.4 Å². The Morgan fingerprint density at radius 1 is 1.19 bits per heavy atom. The van der Waals surface area contributed by atoms with Crippen molar-refractivity contribution in [2.75, 3.05) is 11.9 Å². The Hall–Kier alpha value is -2.96. The number of carboxylic acid groups (broad SMARTS) is 1. The van der Waals surface area contributed by atoms with Gasteiger partial charge in [-0.2, -0.15) is 0 Å². The molecule has 0 fully saturated rings. The summed E-state index contributed by atoms with van der Waals surface area (Å²) in [5.41, 5.74) is -0.216. The fraction of sp³-hybridized carbons (Fsp3) is 0.143. The summed E-state index contributed by atoms with van der Waals surface area (Å²) in [6, 6.07) is 6.85. The predicted octanol–water partition coefficient (Wildman–Crippen LogP) is 1.83. The van der Waals surface area contributed by atoms with E-state index in [0.29, 0.717) is 18.0 Å². The molecule has 0 atom stereocenters. The fourth-order valence-corrected chi connectivity index (χ4v) is 1.69. The largest absolute Gasteiger partial charge is 0.492 e. The van der Waals surface area contributed by atoms with Crippen LogP contribution in [-0.4, -0.2) is 33.6 Å². The van der Waals surface area contributed by atoms with E-state index in [9.17, 15) is 9.59 Å². The highest BCUT2D eigenvalue weighted by Crippen LogP contribution is 2.24. The van der Waals surface area contributed by atoms with Crippen LogP contribution in [0.4, 0.5) is 5.69 Å². The van der Waals surface area contributed by atoms with Crippen molar-refractivity contribution in [3.05, 3.63) is 48.0 Å². The number of carboxylic acids is 1. The molecule has 0 radical (unpaired) electrons. The summed E-state index contributed by atoms with van der Waals surface area (Å²) in [5.74, 6) is -1.48. The Labute approximate surface area is 120 Å². The molecule has 0 aliphatic rings. The number of aromatic carboxylic acids is 1. The third kappa shape index (κ3) is 3.33. The first-order valence-corrected chi connectivity index (χ1v) is 6.21. The standard InChI is InChI=1S/C14H13N3O4/c1-2-21-10-6-4-3-5-9(10)17-13(18)11-12(14(19)20)16-8-7-15-11/h3-8H,2H2,1H3,(H,17,18)(H,19,20). The van der Waals surface area contributed by atoms with E-state index in [-0.39, 0.29) is 5.69 Å². The van der Waals surface area contributed by atoms with Crippen LogP contribution in [0.3, 0.4) is 0 Å². The van der Waals surface area contributed by atoms with E-state index < -0.39 is 17.6 Å². The number of hydrogen-bond donors (Lipinski definition) is 2. The molecule has 2 rings (SSSR count). The number of hydrogen-bond acceptors (Lipinski definition) is 5. The first-order valence-electron chi connectivity index (χ1n) is 6.21. The molecule has 0 unspecified atom stereocenters. The van der Waals surface area contributed by atoms with Crippen LogP contribution >= 0.6 is 0 Å². The minimum atomic E-state index is -1.31. The average Bonchev–Trinajstić information content (AvgIpc) is 2.49. The van der Waals surface area contributed by atoms with E-state index in [4.69, 9.17) is 9.84 Å². The van der Waals surface area contributed by atoms with Crippen molar-refractivity contribution in [1.82, 2.24) is 9.97 Å². The number of ether oxygens (including phenoxy) is 1. The fourth-order valence-electron chi connectivity index (χ4n) is 1.69. The van der Waals surface area contributed by atoms with Gasteiger partial charge in [-0.1, -0.05) is 12.1 Å². The summed E-state index contributed by atoms with van der Waals surface area (Å²) in [5, 5.41) is 11.6. The van der Waals surface area contributed by atoms with E-state index in [0.717, 1.165) is 0 Å². The summed E-state index contributed by atoms with van der Waals surface area (Å²) < 4.78 is 5.38. The van der Waals surface area contributed by atoms with Crippen molar-refractivity contribution >= 4 is 17.6 Å². The average molecular weight is 287 g/mol. The Balaban J connectivity index is 2.29. The first-order chi connectivity index (χ1) is 10.1. The summed E-state index contributed by atoms with van der Waals surface area (Å²) in [6.45, 7) is 2.27. The number of rotatable bonds is 5. The highest BCUT2D eigenvalue weighted by Gasteiger charge is 2.20. The zero-order chi connectivity index (χ0) is 15.2. The molecule has 7 heteroatoms. The third-order valence-corrected chi connectivity index (χ3v) is 2.55. The quantitative estimate of drug-likeness (QED) is 0.869. The number of carbonyl (C=O) groups is 2. The van der Waals surface area contributed by atoms with Crippen molar-refractivity contribution in [3.63, 3.8) is 0 Å². The van der Waals surface area contributed by atoms with Crippen LogP contribution in [-0.2, 0) is 0 Å². The molecule has 7 nitrogen and oxygen atoms in total. The van der Waals surface area contributed by atoms with Gasteiger partial charge in [-0.3, -0.25) is 4.79 Å². The van der Waals surface area contributed by atoms with Crippen LogP contribution in [0, 0.1) is 0 Å². The Bertz CT molecular complexity index is 673. The van der Waals surface area contributed by atoms with Gasteiger partial charge in [0.15, 0.2) is 11.4 Å². The first kappa shape index (κ1) is 14.4. The molecule has 0 saturated heterocycles. The molecule has 21 heavy (non-hydrogen) atoms. The number of carbonyl (C=O) groups excluding carboxylic acids is 1. The molecule has 1 amide bonds. The second kappa shape index (κ2) is 6.47. The van der Waals surface area contributed by atoms with E-state index in [1.165, 1.54) is 12.4 Å². The number of para-hydroxylation sites is 2. The van der Waals surface area contributed by atoms with Crippen LogP contribution in [0.2, 0.25) is 0 Å². The SMILES string of the molecule is CCOc1ccccc1NC(=O)c1nccnc1C(=O)O. The van der Waals surface area contributed by atoms with Gasteiger partial charge in [0.2, 0.25) is 0 Å². The summed E-state index contributed by atoms with van der Waals surface area (Å²) >= 11 is 0. The Morgan fingerprint density at radius 3 is 2.52 bits per heavy atom. The second-order valence-corrected chi connectivity index (χ2v) is 3.94. The zero-order valence-corrected chi connectivity index (χ0v) is 11.2. The minimum absolute atomic E-state index is 0.253. The van der Waals surface area contributed by atoms with Gasteiger partial charge in [0.1, 0.15) is 5.75 Å². The van der Waals surface area contributed by atoms with Gasteiger partial charge < -0.3 is 15.2 Å². The molecule has 0 spiro atoms. The summed E-state index contributed by atoms with van der Waals surface area (Å²) in [4.78, 5) is 30.6. The molecule has 0 bridgehead atoms. The molecule has 0 aliphatic heterocycles. The molecule has 0 aliphatic carbocycles. The van der Waals surface area contributed by atoms with E-state index in [1.54, 1.807) is 24.3 Å². The maximum Gasteiger partial charge on any atom is 0.356 e. The van der Waals surface area contributed by atoms with Crippen molar-refractivity contribution < 1.29 is 19.4 Å². The lowest BCUT2D eigenvalue weighted by atomic mass is 10.2. The molecule has 1 heterocycles. The molecule has 0 saturated carbocycles. The molecular formula is C14H13N3O4. The smallest absolute Gasteiger partial charge is 0.356 e. The highest BCUT2D eigenvalue weighted by atomic mass is 16.5. The number of aromatic nitrogens is 2. The topological polar surface area (TPSA) is 101 Å². The monoisotopic (exact) mass is 287 g/mol. The Kier molecular flexibility index (Phi) is 4.45. The maximum absolute atomic E-state index is 12.2. The van der Waals surface area contributed by atoms with Gasteiger partial charge in [0.25, 0.3) is 5.91 Å². The van der Waals surface area contributed by atoms with E-state index in [1.807, 2.05) is 6.92 Å². The molecule has 2 aromatic rings. The number of nitrogens with zero attached hydrogens (tertiary/aromatic N) is 2. The Morgan fingerprint density at radius 2 is 1.86 bits per heavy atom. The minimum Gasteiger partial charge on any atom is -0.492 e. The van der Waals surface area contributed by atoms with E-state index in [2.05, 4.69) is 15.3 Å². The zero-order valence-electron chi connectivity index (χ0n) is 11.2. The summed E-state index contributed by atoms with van der Waals surface area (Å²) in [6.07, 6.45) is 2.48. The van der Waals surface area contributed by atoms with Crippen molar-refractivity contribution in [2.24, 2.45) is 0 Å². The van der Waals surface area contributed by atoms with Crippen molar-refractivity contribution in [2.45, 2.75) is 6.92 Å². The van der Waals surface area contributed by atoms with Crippen LogP contribution < -0.4 is 10.1 Å². The number of nitrogens with one attached hydrogen (secondary N) is 1. The highest BCUT2D eigenvalue weighted by molar-refractivity contribution is 6.08. The van der Waals surface area contributed by atoms with Crippen LogP contribution in [0.15, 0.2) is 36.7 Å². The normalized spacial score (nSPS) is 9.95. The van der Waals surface area contributed by atoms with Crippen LogP contribution in [0.1, 0.15) is 27.9 Å². The van der Waals surface area contributed by atoms with Gasteiger partial charge in [0.05, 0.1) is 12.3 Å². The predicted molar refractivity (Wildman–Crippen MR) is 74.6 cm³/mol. The molecule has 108 valence electrons. The van der Waals surface area contributed by atoms with Crippen LogP contribution in [0.5, 0.6) is 5.75 Å². The lowest BCUT2D eigenvalue weighted by molar-refractivity contribution is 0.0685. The molecule has 1 aromatic carbocycles. The second-order valence-electron chi connectivity index (χ2n) is 3.94. The van der Waals surface area contributed by atoms with Crippen molar-refractivity contribution in [1.29, 1.82) is 0 Å². The summed E-state index contributed by atoms with van der Waals surface area (Å²) in [7, 11) is 0. The number of anilines is 1. The molecule has 2 N–H and O–H groups in total. The number of benzene rings is 1. The van der Waals surface area contributed by atoms with Gasteiger partial charge in [-0.15, -0.1) is 0 Å². The number of amides is 1. The lowest BCUT2D eigenvalue weighted by Crippen LogP contribution is -2.19. The molecular weight excluding hydrogens is 274 g/mol. The lowest BCUT2D eigenvalue weighted by Gasteiger charge is -2.11. The van der Waals surface area contributed by atoms with Gasteiger partial charge >= 0.3 is 5.97 Å². The van der Waals surface area contributed by atoms with Crippen LogP contribution in [0.25, 0.3) is 0 Å². The van der Waals surface area contributed by atoms with E-state index >= 15 is 0 Å². The molecule has 1 aromatic heterocycles. The third-order valence-electron chi connectivity index (χ3n) is 2.55. The van der Waals surface area contributed by atoms with Gasteiger partial charge in [-0.05, 0) is 19.1 Å². The van der Waals surface area contributed by atoms with Crippen molar-refractivity contribution in [3.8, 4) is 5.75 Å².